The number of fused-ring (bicyclic) bond motifs is 1. The lowest BCUT2D eigenvalue weighted by Gasteiger charge is -2.39. The summed E-state index contributed by atoms with van der Waals surface area (Å²) in [5.41, 5.74) is -0.129. The standard InChI is InChI=1S/C14H18N2O3/c1-13(2)12(19)15-10-8(11(17)18)6-5-7-9(10)16-14(13,3)4/h5-7,16H,1-4H3,(H,15,19)(H,17,18). The van der Waals surface area contributed by atoms with E-state index in [1.54, 1.807) is 12.1 Å². The number of aromatic carboxylic acids is 1. The van der Waals surface area contributed by atoms with Gasteiger partial charge in [-0.1, -0.05) is 6.07 Å². The number of para-hydroxylation sites is 1. The van der Waals surface area contributed by atoms with Crippen molar-refractivity contribution < 1.29 is 14.7 Å². The highest BCUT2D eigenvalue weighted by Gasteiger charge is 2.46. The second-order valence-corrected chi connectivity index (χ2v) is 5.86. The zero-order valence-electron chi connectivity index (χ0n) is 11.5. The molecule has 1 aliphatic heterocycles. The van der Waals surface area contributed by atoms with Gasteiger partial charge in [0.1, 0.15) is 0 Å². The minimum atomic E-state index is -1.06. The van der Waals surface area contributed by atoms with Gasteiger partial charge in [-0.15, -0.1) is 0 Å². The average Bonchev–Trinajstić information content (AvgIpc) is 2.35. The molecule has 0 radical (unpaired) electrons. The Labute approximate surface area is 112 Å². The molecule has 1 heterocycles. The fourth-order valence-corrected chi connectivity index (χ4v) is 2.02. The van der Waals surface area contributed by atoms with E-state index in [1.165, 1.54) is 6.07 Å². The molecule has 0 saturated carbocycles. The summed E-state index contributed by atoms with van der Waals surface area (Å²) < 4.78 is 0. The highest BCUT2D eigenvalue weighted by molar-refractivity contribution is 6.07. The van der Waals surface area contributed by atoms with Crippen LogP contribution >= 0.6 is 0 Å². The van der Waals surface area contributed by atoms with Crippen LogP contribution in [0.25, 0.3) is 0 Å². The lowest BCUT2D eigenvalue weighted by molar-refractivity contribution is -0.126. The van der Waals surface area contributed by atoms with Crippen LogP contribution in [-0.4, -0.2) is 22.5 Å². The number of anilines is 2. The maximum Gasteiger partial charge on any atom is 0.337 e. The Balaban J connectivity index is 2.64. The van der Waals surface area contributed by atoms with E-state index in [9.17, 15) is 14.7 Å². The Morgan fingerprint density at radius 3 is 2.42 bits per heavy atom. The van der Waals surface area contributed by atoms with E-state index in [1.807, 2.05) is 27.7 Å². The first-order valence-electron chi connectivity index (χ1n) is 6.13. The number of carbonyl (C=O) groups excluding carboxylic acids is 1. The molecule has 0 saturated heterocycles. The minimum absolute atomic E-state index is 0.0897. The van der Waals surface area contributed by atoms with E-state index < -0.39 is 16.9 Å². The minimum Gasteiger partial charge on any atom is -0.478 e. The third-order valence-corrected chi connectivity index (χ3v) is 4.11. The first kappa shape index (κ1) is 13.4. The molecule has 0 fully saturated rings. The van der Waals surface area contributed by atoms with E-state index in [-0.39, 0.29) is 11.5 Å². The van der Waals surface area contributed by atoms with Crippen molar-refractivity contribution in [3.05, 3.63) is 23.8 Å². The molecule has 0 spiro atoms. The molecular formula is C14H18N2O3. The van der Waals surface area contributed by atoms with Crippen LogP contribution < -0.4 is 10.6 Å². The van der Waals surface area contributed by atoms with Gasteiger partial charge in [-0.2, -0.15) is 0 Å². The lowest BCUT2D eigenvalue weighted by Crippen LogP contribution is -2.50. The predicted molar refractivity (Wildman–Crippen MR) is 73.5 cm³/mol. The van der Waals surface area contributed by atoms with E-state index in [4.69, 9.17) is 0 Å². The summed E-state index contributed by atoms with van der Waals surface area (Å²) in [6, 6.07) is 4.91. The highest BCUT2D eigenvalue weighted by atomic mass is 16.4. The first-order valence-corrected chi connectivity index (χ1v) is 6.13. The molecule has 0 aliphatic carbocycles. The SMILES string of the molecule is CC1(C)Nc2cccc(C(=O)O)c2NC(=O)C1(C)C. The molecule has 1 aromatic rings. The molecule has 0 atom stereocenters. The highest BCUT2D eigenvalue weighted by Crippen LogP contribution is 2.41. The number of hydrogen-bond acceptors (Lipinski definition) is 3. The molecule has 1 amide bonds. The quantitative estimate of drug-likeness (QED) is 0.726. The summed E-state index contributed by atoms with van der Waals surface area (Å²) in [7, 11) is 0. The van der Waals surface area contributed by atoms with Gasteiger partial charge in [-0.05, 0) is 39.8 Å². The van der Waals surface area contributed by atoms with Crippen LogP contribution in [0.5, 0.6) is 0 Å². The van der Waals surface area contributed by atoms with Gasteiger partial charge >= 0.3 is 5.97 Å². The molecule has 2 rings (SSSR count). The molecule has 1 aromatic carbocycles. The number of carboxylic acid groups (broad SMARTS) is 1. The van der Waals surface area contributed by atoms with Crippen molar-refractivity contribution in [2.45, 2.75) is 33.2 Å². The van der Waals surface area contributed by atoms with Gasteiger partial charge in [-0.3, -0.25) is 4.79 Å². The van der Waals surface area contributed by atoms with E-state index in [2.05, 4.69) is 10.6 Å². The van der Waals surface area contributed by atoms with E-state index in [0.29, 0.717) is 11.4 Å². The van der Waals surface area contributed by atoms with Crippen LogP contribution in [0, 0.1) is 5.41 Å². The molecular weight excluding hydrogens is 244 g/mol. The number of nitrogens with one attached hydrogen (secondary N) is 2. The van der Waals surface area contributed by atoms with Gasteiger partial charge in [0, 0.05) is 5.54 Å². The third kappa shape index (κ3) is 1.95. The van der Waals surface area contributed by atoms with E-state index >= 15 is 0 Å². The number of rotatable bonds is 1. The van der Waals surface area contributed by atoms with Crippen LogP contribution in [0.3, 0.4) is 0 Å². The molecule has 0 bridgehead atoms. The van der Waals surface area contributed by atoms with Gasteiger partial charge < -0.3 is 15.7 Å². The average molecular weight is 262 g/mol. The van der Waals surface area contributed by atoms with Gasteiger partial charge in [0.15, 0.2) is 0 Å². The summed E-state index contributed by atoms with van der Waals surface area (Å²) >= 11 is 0. The molecule has 102 valence electrons. The number of carbonyl (C=O) groups is 2. The molecule has 0 aromatic heterocycles. The fourth-order valence-electron chi connectivity index (χ4n) is 2.02. The number of benzene rings is 1. The summed E-state index contributed by atoms with van der Waals surface area (Å²) in [5, 5.41) is 15.2. The van der Waals surface area contributed by atoms with Crippen molar-refractivity contribution in [3.63, 3.8) is 0 Å². The van der Waals surface area contributed by atoms with E-state index in [0.717, 1.165) is 0 Å². The smallest absolute Gasteiger partial charge is 0.337 e. The first-order chi connectivity index (χ1) is 8.67. The second kappa shape index (κ2) is 3.98. The third-order valence-electron chi connectivity index (χ3n) is 4.11. The Kier molecular flexibility index (Phi) is 2.81. The van der Waals surface area contributed by atoms with Crippen LogP contribution in [-0.2, 0) is 4.79 Å². The van der Waals surface area contributed by atoms with Crippen LogP contribution in [0.1, 0.15) is 38.1 Å². The van der Waals surface area contributed by atoms with Crippen molar-refractivity contribution in [2.24, 2.45) is 5.41 Å². The number of carboxylic acids is 1. The number of amides is 1. The van der Waals surface area contributed by atoms with Gasteiger partial charge in [0.05, 0.1) is 22.4 Å². The Bertz CT molecular complexity index is 562. The van der Waals surface area contributed by atoms with Crippen LogP contribution in [0.4, 0.5) is 11.4 Å². The second-order valence-electron chi connectivity index (χ2n) is 5.86. The zero-order chi connectivity index (χ0) is 14.4. The molecule has 5 heteroatoms. The fraction of sp³-hybridized carbons (Fsp3) is 0.429. The largest absolute Gasteiger partial charge is 0.478 e. The van der Waals surface area contributed by atoms with Crippen LogP contribution in [0.15, 0.2) is 18.2 Å². The van der Waals surface area contributed by atoms with Gasteiger partial charge in [-0.25, -0.2) is 4.79 Å². The zero-order valence-corrected chi connectivity index (χ0v) is 11.5. The van der Waals surface area contributed by atoms with Gasteiger partial charge in [0.25, 0.3) is 0 Å². The molecule has 5 nitrogen and oxygen atoms in total. The monoisotopic (exact) mass is 262 g/mol. The van der Waals surface area contributed by atoms with Crippen molar-refractivity contribution in [1.82, 2.24) is 0 Å². The maximum atomic E-state index is 12.3. The Morgan fingerprint density at radius 2 is 1.84 bits per heavy atom. The summed E-state index contributed by atoms with van der Waals surface area (Å²) in [5.74, 6) is -1.26. The topological polar surface area (TPSA) is 78.4 Å². The van der Waals surface area contributed by atoms with Crippen molar-refractivity contribution in [3.8, 4) is 0 Å². The molecule has 0 unspecified atom stereocenters. The molecule has 1 aliphatic rings. The Hall–Kier alpha value is -2.04. The van der Waals surface area contributed by atoms with Crippen LogP contribution in [0.2, 0.25) is 0 Å². The van der Waals surface area contributed by atoms with Gasteiger partial charge in [0.2, 0.25) is 5.91 Å². The predicted octanol–water partition coefficient (Wildman–Crippen LogP) is 2.55. The molecule has 19 heavy (non-hydrogen) atoms. The van der Waals surface area contributed by atoms with Crippen molar-refractivity contribution in [1.29, 1.82) is 0 Å². The Morgan fingerprint density at radius 1 is 1.21 bits per heavy atom. The summed E-state index contributed by atoms with van der Waals surface area (Å²) in [4.78, 5) is 23.6. The summed E-state index contributed by atoms with van der Waals surface area (Å²) in [6.07, 6.45) is 0. The normalized spacial score (nSPS) is 19.7. The molecule has 3 N–H and O–H groups in total. The summed E-state index contributed by atoms with van der Waals surface area (Å²) in [6.45, 7) is 7.52. The maximum absolute atomic E-state index is 12.3. The number of hydrogen-bond donors (Lipinski definition) is 3. The van der Waals surface area contributed by atoms with Crippen molar-refractivity contribution in [2.75, 3.05) is 10.6 Å². The lowest BCUT2D eigenvalue weighted by atomic mass is 9.74. The van der Waals surface area contributed by atoms with Crippen molar-refractivity contribution >= 4 is 23.3 Å².